The van der Waals surface area contributed by atoms with Crippen molar-refractivity contribution in [1.82, 2.24) is 20.4 Å². The molecule has 0 atom stereocenters. The van der Waals surface area contributed by atoms with E-state index in [0.29, 0.717) is 51.2 Å². The average molecular weight is 429 g/mol. The molecule has 1 aromatic carbocycles. The highest BCUT2D eigenvalue weighted by Crippen LogP contribution is 2.34. The number of carbonyl (C=O) groups is 4. The van der Waals surface area contributed by atoms with Gasteiger partial charge in [-0.05, 0) is 37.0 Å². The number of rotatable bonds is 7. The van der Waals surface area contributed by atoms with E-state index < -0.39 is 5.54 Å². The van der Waals surface area contributed by atoms with Gasteiger partial charge in [0.2, 0.25) is 0 Å². The second-order valence-electron chi connectivity index (χ2n) is 8.15. The van der Waals surface area contributed by atoms with Crippen LogP contribution in [0.15, 0.2) is 24.3 Å². The maximum atomic E-state index is 12.6. The van der Waals surface area contributed by atoms with Gasteiger partial charge in [0.25, 0.3) is 5.91 Å². The van der Waals surface area contributed by atoms with Crippen molar-refractivity contribution >= 4 is 29.8 Å². The Bertz CT molecular complexity index is 883. The summed E-state index contributed by atoms with van der Waals surface area (Å²) >= 11 is 0. The first-order valence-corrected chi connectivity index (χ1v) is 10.7. The van der Waals surface area contributed by atoms with E-state index >= 15 is 0 Å². The van der Waals surface area contributed by atoms with E-state index in [0.717, 1.165) is 18.4 Å². The SMILES string of the molecule is O=C(NCCCN1C(=O)NC2(CCCC2)C1=O)Nc1cccc(CN2CCOC2=O)c1. The van der Waals surface area contributed by atoms with Crippen LogP contribution in [0.1, 0.15) is 37.7 Å². The summed E-state index contributed by atoms with van der Waals surface area (Å²) in [6, 6.07) is 6.54. The molecule has 3 aliphatic rings. The number of nitrogens with one attached hydrogen (secondary N) is 3. The van der Waals surface area contributed by atoms with Gasteiger partial charge in [0.1, 0.15) is 12.1 Å². The minimum atomic E-state index is -0.696. The molecule has 0 radical (unpaired) electrons. The Balaban J connectivity index is 1.20. The topological polar surface area (TPSA) is 120 Å². The third-order valence-corrected chi connectivity index (χ3v) is 5.95. The van der Waals surface area contributed by atoms with Crippen molar-refractivity contribution in [3.8, 4) is 0 Å². The lowest BCUT2D eigenvalue weighted by Crippen LogP contribution is -2.44. The smallest absolute Gasteiger partial charge is 0.410 e. The van der Waals surface area contributed by atoms with E-state index in [1.165, 1.54) is 4.90 Å². The van der Waals surface area contributed by atoms with Gasteiger partial charge in [0, 0.05) is 25.3 Å². The summed E-state index contributed by atoms with van der Waals surface area (Å²) in [7, 11) is 0. The first-order valence-electron chi connectivity index (χ1n) is 10.7. The fourth-order valence-electron chi connectivity index (χ4n) is 4.35. The van der Waals surface area contributed by atoms with Crippen LogP contribution in [0.2, 0.25) is 0 Å². The van der Waals surface area contributed by atoms with E-state index in [1.54, 1.807) is 17.0 Å². The predicted molar refractivity (Wildman–Crippen MR) is 111 cm³/mol. The largest absolute Gasteiger partial charge is 0.448 e. The quantitative estimate of drug-likeness (QED) is 0.452. The molecule has 1 aliphatic carbocycles. The average Bonchev–Trinajstić information content (AvgIpc) is 3.43. The lowest BCUT2D eigenvalue weighted by Gasteiger charge is -2.20. The highest BCUT2D eigenvalue weighted by molar-refractivity contribution is 6.07. The van der Waals surface area contributed by atoms with Crippen LogP contribution in [0.5, 0.6) is 0 Å². The van der Waals surface area contributed by atoms with Gasteiger partial charge in [-0.25, -0.2) is 14.4 Å². The Morgan fingerprint density at radius 3 is 2.74 bits per heavy atom. The number of nitrogens with zero attached hydrogens (tertiary/aromatic N) is 2. The fraction of sp³-hybridized carbons (Fsp3) is 0.524. The molecule has 3 N–H and O–H groups in total. The maximum Gasteiger partial charge on any atom is 0.410 e. The first kappa shape index (κ1) is 21.0. The Morgan fingerprint density at radius 1 is 1.19 bits per heavy atom. The van der Waals surface area contributed by atoms with E-state index in [9.17, 15) is 19.2 Å². The molecular formula is C21H27N5O5. The van der Waals surface area contributed by atoms with Crippen molar-refractivity contribution in [1.29, 1.82) is 0 Å². The molecule has 0 bridgehead atoms. The normalized spacial score (nSPS) is 19.7. The summed E-state index contributed by atoms with van der Waals surface area (Å²) in [6.45, 7) is 1.97. The molecule has 1 aromatic rings. The van der Waals surface area contributed by atoms with Gasteiger partial charge in [-0.15, -0.1) is 0 Å². The molecule has 10 nitrogen and oxygen atoms in total. The highest BCUT2D eigenvalue weighted by atomic mass is 16.6. The number of urea groups is 2. The summed E-state index contributed by atoms with van der Waals surface area (Å²) in [4.78, 5) is 51.4. The summed E-state index contributed by atoms with van der Waals surface area (Å²) in [6.07, 6.45) is 3.44. The van der Waals surface area contributed by atoms with E-state index in [1.807, 2.05) is 12.1 Å². The van der Waals surface area contributed by atoms with Crippen LogP contribution in [-0.4, -0.2) is 65.6 Å². The van der Waals surface area contributed by atoms with Crippen LogP contribution in [0, 0.1) is 0 Å². The number of amides is 6. The molecule has 0 unspecified atom stereocenters. The zero-order valence-electron chi connectivity index (χ0n) is 17.3. The van der Waals surface area contributed by atoms with Gasteiger partial charge < -0.3 is 25.6 Å². The van der Waals surface area contributed by atoms with Crippen molar-refractivity contribution in [2.75, 3.05) is 31.6 Å². The lowest BCUT2D eigenvalue weighted by molar-refractivity contribution is -0.131. The molecule has 31 heavy (non-hydrogen) atoms. The van der Waals surface area contributed by atoms with Gasteiger partial charge in [-0.2, -0.15) is 0 Å². The Kier molecular flexibility index (Phi) is 5.97. The van der Waals surface area contributed by atoms with Crippen LogP contribution in [-0.2, 0) is 16.1 Å². The number of cyclic esters (lactones) is 1. The van der Waals surface area contributed by atoms with Crippen molar-refractivity contribution in [2.24, 2.45) is 0 Å². The van der Waals surface area contributed by atoms with Gasteiger partial charge >= 0.3 is 18.2 Å². The molecular weight excluding hydrogens is 402 g/mol. The molecule has 2 aliphatic heterocycles. The van der Waals surface area contributed by atoms with Crippen LogP contribution in [0.4, 0.5) is 20.1 Å². The number of imide groups is 1. The highest BCUT2D eigenvalue weighted by Gasteiger charge is 2.51. The number of hydrogen-bond donors (Lipinski definition) is 3. The van der Waals surface area contributed by atoms with Crippen LogP contribution < -0.4 is 16.0 Å². The number of ether oxygens (including phenoxy) is 1. The molecule has 4 rings (SSSR count). The molecule has 1 saturated carbocycles. The predicted octanol–water partition coefficient (Wildman–Crippen LogP) is 2.01. The molecule has 3 fully saturated rings. The summed E-state index contributed by atoms with van der Waals surface area (Å²) < 4.78 is 4.92. The van der Waals surface area contributed by atoms with E-state index in [-0.39, 0.29) is 30.6 Å². The Morgan fingerprint density at radius 2 is 2.00 bits per heavy atom. The molecule has 6 amide bonds. The maximum absolute atomic E-state index is 12.6. The number of carbonyl (C=O) groups excluding carboxylic acids is 4. The minimum Gasteiger partial charge on any atom is -0.448 e. The monoisotopic (exact) mass is 429 g/mol. The van der Waals surface area contributed by atoms with Crippen molar-refractivity contribution in [3.63, 3.8) is 0 Å². The second-order valence-corrected chi connectivity index (χ2v) is 8.15. The van der Waals surface area contributed by atoms with E-state index in [4.69, 9.17) is 4.74 Å². The van der Waals surface area contributed by atoms with Crippen LogP contribution >= 0.6 is 0 Å². The second kappa shape index (κ2) is 8.83. The third kappa shape index (κ3) is 4.57. The molecule has 1 spiro atoms. The standard InChI is InChI=1S/C21H27N5O5/c27-17-21(7-1-2-8-21)24-19(29)26(17)10-4-9-22-18(28)23-16-6-3-5-15(13-16)14-25-11-12-31-20(25)30/h3,5-6,13H,1-2,4,7-12,14H2,(H,24,29)(H2,22,23,28). The number of benzene rings is 1. The first-order chi connectivity index (χ1) is 15.0. The number of hydrogen-bond acceptors (Lipinski definition) is 5. The molecule has 0 aromatic heterocycles. The van der Waals surface area contributed by atoms with Crippen LogP contribution in [0.3, 0.4) is 0 Å². The Labute approximate surface area is 180 Å². The van der Waals surface area contributed by atoms with Gasteiger partial charge in [-0.1, -0.05) is 25.0 Å². The third-order valence-electron chi connectivity index (χ3n) is 5.95. The Hall–Kier alpha value is -3.30. The van der Waals surface area contributed by atoms with Crippen molar-refractivity contribution in [2.45, 2.75) is 44.2 Å². The number of anilines is 1. The molecule has 10 heteroatoms. The van der Waals surface area contributed by atoms with E-state index in [2.05, 4.69) is 16.0 Å². The lowest BCUT2D eigenvalue weighted by atomic mass is 9.98. The van der Waals surface area contributed by atoms with Crippen molar-refractivity contribution in [3.05, 3.63) is 29.8 Å². The molecule has 166 valence electrons. The molecule has 2 heterocycles. The molecule has 2 saturated heterocycles. The van der Waals surface area contributed by atoms with Crippen molar-refractivity contribution < 1.29 is 23.9 Å². The van der Waals surface area contributed by atoms with Gasteiger partial charge in [0.05, 0.1) is 6.54 Å². The zero-order chi connectivity index (χ0) is 21.8. The minimum absolute atomic E-state index is 0.141. The van der Waals surface area contributed by atoms with Gasteiger partial charge in [-0.3, -0.25) is 9.69 Å². The van der Waals surface area contributed by atoms with Crippen LogP contribution in [0.25, 0.3) is 0 Å². The summed E-state index contributed by atoms with van der Waals surface area (Å²) in [5.41, 5.74) is 0.800. The van der Waals surface area contributed by atoms with Gasteiger partial charge in [0.15, 0.2) is 0 Å². The zero-order valence-corrected chi connectivity index (χ0v) is 17.3. The fourth-order valence-corrected chi connectivity index (χ4v) is 4.35. The summed E-state index contributed by atoms with van der Waals surface area (Å²) in [5, 5.41) is 8.35. The summed E-state index contributed by atoms with van der Waals surface area (Å²) in [5.74, 6) is -0.141.